The second kappa shape index (κ2) is 5.13. The molecule has 0 atom stereocenters. The van der Waals surface area contributed by atoms with Gasteiger partial charge in [-0.3, -0.25) is 4.79 Å². The Kier molecular flexibility index (Phi) is 3.30. The summed E-state index contributed by atoms with van der Waals surface area (Å²) in [7, 11) is 1.67. The molecule has 1 fully saturated rings. The van der Waals surface area contributed by atoms with E-state index in [1.54, 1.807) is 11.6 Å². The maximum atomic E-state index is 12.1. The summed E-state index contributed by atoms with van der Waals surface area (Å²) in [6, 6.07) is 0. The Hall–Kier alpha value is -2.48. The van der Waals surface area contributed by atoms with E-state index in [-0.39, 0.29) is 10.9 Å². The number of aryl methyl sites for hydroxylation is 1. The number of carbonyl (C=O) groups is 1. The largest absolute Gasteiger partial charge is 0.477 e. The molecular formula is C13H15N5O3. The molecule has 2 aromatic heterocycles. The fourth-order valence-electron chi connectivity index (χ4n) is 2.42. The summed E-state index contributed by atoms with van der Waals surface area (Å²) in [6.45, 7) is 3.32. The van der Waals surface area contributed by atoms with E-state index >= 15 is 0 Å². The summed E-state index contributed by atoms with van der Waals surface area (Å²) >= 11 is 0. The Labute approximate surface area is 120 Å². The van der Waals surface area contributed by atoms with Gasteiger partial charge in [0.15, 0.2) is 0 Å². The molecule has 0 aliphatic carbocycles. The monoisotopic (exact) mass is 289 g/mol. The molecule has 1 aliphatic rings. The molecule has 0 radical (unpaired) electrons. The molecule has 0 aromatic carbocycles. The number of hydrogen-bond donors (Lipinski definition) is 2. The van der Waals surface area contributed by atoms with E-state index in [0.717, 1.165) is 26.2 Å². The van der Waals surface area contributed by atoms with E-state index < -0.39 is 11.4 Å². The van der Waals surface area contributed by atoms with Crippen molar-refractivity contribution in [2.75, 3.05) is 31.1 Å². The Morgan fingerprint density at radius 3 is 2.76 bits per heavy atom. The molecule has 1 saturated heterocycles. The van der Waals surface area contributed by atoms with Crippen LogP contribution in [-0.4, -0.2) is 51.8 Å². The van der Waals surface area contributed by atoms with Gasteiger partial charge in [-0.05, 0) is 0 Å². The first kappa shape index (κ1) is 13.5. The molecule has 2 N–H and O–H groups in total. The minimum atomic E-state index is -1.25. The summed E-state index contributed by atoms with van der Waals surface area (Å²) in [5.41, 5.74) is -0.389. The van der Waals surface area contributed by atoms with Crippen molar-refractivity contribution in [3.63, 3.8) is 0 Å². The van der Waals surface area contributed by atoms with Crippen molar-refractivity contribution in [2.45, 2.75) is 0 Å². The number of aromatic nitrogens is 3. The van der Waals surface area contributed by atoms with E-state index in [4.69, 9.17) is 5.11 Å². The van der Waals surface area contributed by atoms with Crippen LogP contribution in [0.15, 0.2) is 17.2 Å². The standard InChI is InChI=1S/C13H15N5O3/c1-17-7-9(12(20)21)10(19)8-6-15-13(16-11(8)17)18-4-2-14-3-5-18/h6-7,14H,2-5H2,1H3,(H,20,21). The molecule has 0 amide bonds. The molecule has 3 rings (SSSR count). The van der Waals surface area contributed by atoms with Gasteiger partial charge >= 0.3 is 5.97 Å². The number of carboxylic acid groups (broad SMARTS) is 1. The first-order valence-corrected chi connectivity index (χ1v) is 6.63. The zero-order valence-corrected chi connectivity index (χ0v) is 11.5. The summed E-state index contributed by atoms with van der Waals surface area (Å²) < 4.78 is 1.55. The highest BCUT2D eigenvalue weighted by molar-refractivity contribution is 5.91. The van der Waals surface area contributed by atoms with Gasteiger partial charge in [-0.15, -0.1) is 0 Å². The lowest BCUT2D eigenvalue weighted by Gasteiger charge is -2.27. The summed E-state index contributed by atoms with van der Waals surface area (Å²) in [6.07, 6.45) is 2.70. The minimum Gasteiger partial charge on any atom is -0.477 e. The van der Waals surface area contributed by atoms with E-state index in [1.165, 1.54) is 12.4 Å². The quantitative estimate of drug-likeness (QED) is 0.764. The summed E-state index contributed by atoms with van der Waals surface area (Å²) in [4.78, 5) is 33.8. The van der Waals surface area contributed by atoms with E-state index in [9.17, 15) is 9.59 Å². The van der Waals surface area contributed by atoms with Gasteiger partial charge in [-0.2, -0.15) is 4.98 Å². The molecule has 2 aromatic rings. The average Bonchev–Trinajstić information content (AvgIpc) is 2.51. The van der Waals surface area contributed by atoms with Gasteiger partial charge in [0.2, 0.25) is 11.4 Å². The van der Waals surface area contributed by atoms with Gasteiger partial charge in [0.05, 0.1) is 5.39 Å². The normalized spacial score (nSPS) is 15.4. The number of nitrogens with one attached hydrogen (secondary N) is 1. The van der Waals surface area contributed by atoms with Crippen LogP contribution in [0.1, 0.15) is 10.4 Å². The zero-order chi connectivity index (χ0) is 15.0. The van der Waals surface area contributed by atoms with Crippen LogP contribution >= 0.6 is 0 Å². The number of pyridine rings is 1. The third-order valence-corrected chi connectivity index (χ3v) is 3.53. The molecule has 21 heavy (non-hydrogen) atoms. The van der Waals surface area contributed by atoms with E-state index in [1.807, 2.05) is 4.90 Å². The van der Waals surface area contributed by atoms with Crippen molar-refractivity contribution in [2.24, 2.45) is 7.05 Å². The van der Waals surface area contributed by atoms with Crippen LogP contribution in [0.5, 0.6) is 0 Å². The van der Waals surface area contributed by atoms with Crippen LogP contribution in [-0.2, 0) is 7.05 Å². The maximum absolute atomic E-state index is 12.1. The van der Waals surface area contributed by atoms with Crippen molar-refractivity contribution in [1.29, 1.82) is 0 Å². The lowest BCUT2D eigenvalue weighted by Crippen LogP contribution is -2.44. The highest BCUT2D eigenvalue weighted by Gasteiger charge is 2.17. The second-order valence-electron chi connectivity index (χ2n) is 4.93. The highest BCUT2D eigenvalue weighted by Crippen LogP contribution is 2.13. The average molecular weight is 289 g/mol. The Bertz CT molecular complexity index is 764. The Balaban J connectivity index is 2.14. The lowest BCUT2D eigenvalue weighted by atomic mass is 10.2. The van der Waals surface area contributed by atoms with Gasteiger partial charge in [-0.25, -0.2) is 9.78 Å². The molecule has 0 spiro atoms. The molecule has 1 aliphatic heterocycles. The third-order valence-electron chi connectivity index (χ3n) is 3.53. The van der Waals surface area contributed by atoms with Crippen LogP contribution in [0, 0.1) is 0 Å². The molecular weight excluding hydrogens is 274 g/mol. The molecule has 110 valence electrons. The van der Waals surface area contributed by atoms with Crippen molar-refractivity contribution in [3.8, 4) is 0 Å². The van der Waals surface area contributed by atoms with Crippen LogP contribution in [0.2, 0.25) is 0 Å². The van der Waals surface area contributed by atoms with Crippen molar-refractivity contribution < 1.29 is 9.90 Å². The van der Waals surface area contributed by atoms with Crippen LogP contribution in [0.25, 0.3) is 11.0 Å². The number of aromatic carboxylic acids is 1. The number of fused-ring (bicyclic) bond motifs is 1. The minimum absolute atomic E-state index is 0.219. The first-order chi connectivity index (χ1) is 10.1. The smallest absolute Gasteiger partial charge is 0.341 e. The number of hydrogen-bond acceptors (Lipinski definition) is 6. The summed E-state index contributed by atoms with van der Waals surface area (Å²) in [5.74, 6) is -0.689. The third kappa shape index (κ3) is 2.33. The topological polar surface area (TPSA) is 100 Å². The fraction of sp³-hybridized carbons (Fsp3) is 0.385. The van der Waals surface area contributed by atoms with Crippen molar-refractivity contribution in [3.05, 3.63) is 28.2 Å². The number of piperazine rings is 1. The Morgan fingerprint density at radius 1 is 1.38 bits per heavy atom. The number of rotatable bonds is 2. The highest BCUT2D eigenvalue weighted by atomic mass is 16.4. The van der Waals surface area contributed by atoms with Gasteiger partial charge in [-0.1, -0.05) is 0 Å². The van der Waals surface area contributed by atoms with Crippen LogP contribution in [0.3, 0.4) is 0 Å². The van der Waals surface area contributed by atoms with Gasteiger partial charge in [0.25, 0.3) is 0 Å². The van der Waals surface area contributed by atoms with E-state index in [2.05, 4.69) is 15.3 Å². The number of anilines is 1. The molecule has 0 saturated carbocycles. The fourth-order valence-corrected chi connectivity index (χ4v) is 2.42. The van der Waals surface area contributed by atoms with Crippen LogP contribution in [0.4, 0.5) is 5.95 Å². The lowest BCUT2D eigenvalue weighted by molar-refractivity contribution is 0.0695. The summed E-state index contributed by atoms with van der Waals surface area (Å²) in [5, 5.41) is 12.5. The second-order valence-corrected chi connectivity index (χ2v) is 4.93. The predicted molar refractivity (Wildman–Crippen MR) is 76.8 cm³/mol. The SMILES string of the molecule is Cn1cc(C(=O)O)c(=O)c2cnc(N3CCNCC3)nc21. The number of carboxylic acids is 1. The van der Waals surface area contributed by atoms with Crippen molar-refractivity contribution in [1.82, 2.24) is 19.9 Å². The molecule has 0 unspecified atom stereocenters. The van der Waals surface area contributed by atoms with Crippen LogP contribution < -0.4 is 15.6 Å². The molecule has 3 heterocycles. The van der Waals surface area contributed by atoms with Gasteiger partial charge in [0.1, 0.15) is 11.2 Å². The van der Waals surface area contributed by atoms with E-state index in [0.29, 0.717) is 11.6 Å². The maximum Gasteiger partial charge on any atom is 0.341 e. The van der Waals surface area contributed by atoms with Crippen molar-refractivity contribution >= 4 is 23.0 Å². The van der Waals surface area contributed by atoms with Gasteiger partial charge in [0, 0.05) is 45.6 Å². The molecule has 8 heteroatoms. The van der Waals surface area contributed by atoms with Gasteiger partial charge < -0.3 is 19.9 Å². The zero-order valence-electron chi connectivity index (χ0n) is 11.5. The first-order valence-electron chi connectivity index (χ1n) is 6.63. The molecule has 8 nitrogen and oxygen atoms in total. The Morgan fingerprint density at radius 2 is 2.10 bits per heavy atom. The molecule has 0 bridgehead atoms. The number of nitrogens with zero attached hydrogens (tertiary/aromatic N) is 4. The predicted octanol–water partition coefficient (Wildman–Crippen LogP) is -0.564.